The Hall–Kier alpha value is -2.74. The molecule has 0 bridgehead atoms. The SMILES string of the molecule is CCOC(=O)C1=C(O)/C(=C/c2cc(Cl)cc(Cl)c2OC)SC1=NC(=O)c1ccc(C(C)(C)C)cc1. The molecule has 2 aromatic rings. The van der Waals surface area contributed by atoms with Crippen LogP contribution in [0.4, 0.5) is 0 Å². The Bertz CT molecular complexity index is 1260. The fraction of sp³-hybridized carbons (Fsp3) is 0.269. The molecule has 184 valence electrons. The molecule has 0 atom stereocenters. The molecule has 6 nitrogen and oxygen atoms in total. The van der Waals surface area contributed by atoms with Gasteiger partial charge in [0.05, 0.1) is 23.6 Å². The predicted molar refractivity (Wildman–Crippen MR) is 142 cm³/mol. The van der Waals surface area contributed by atoms with Gasteiger partial charge in [0.1, 0.15) is 22.1 Å². The first kappa shape index (κ1) is 26.9. The first-order valence-electron chi connectivity index (χ1n) is 10.7. The minimum absolute atomic E-state index is 0.0317. The zero-order valence-corrected chi connectivity index (χ0v) is 22.3. The molecular weight excluding hydrogens is 509 g/mol. The second kappa shape index (κ2) is 10.9. The Morgan fingerprint density at radius 1 is 1.14 bits per heavy atom. The van der Waals surface area contributed by atoms with E-state index in [1.54, 1.807) is 31.2 Å². The average molecular weight is 534 g/mol. The van der Waals surface area contributed by atoms with Crippen LogP contribution in [0.1, 0.15) is 49.2 Å². The maximum absolute atomic E-state index is 12.9. The highest BCUT2D eigenvalue weighted by molar-refractivity contribution is 8.18. The molecular formula is C26H25Cl2NO5S. The summed E-state index contributed by atoms with van der Waals surface area (Å²) in [5, 5.41) is 11.6. The van der Waals surface area contributed by atoms with Crippen molar-refractivity contribution in [1.82, 2.24) is 0 Å². The van der Waals surface area contributed by atoms with Crippen molar-refractivity contribution >= 4 is 58.0 Å². The van der Waals surface area contributed by atoms with Crippen LogP contribution in [0.3, 0.4) is 0 Å². The minimum Gasteiger partial charge on any atom is -0.506 e. The summed E-state index contributed by atoms with van der Waals surface area (Å²) >= 11 is 13.3. The van der Waals surface area contributed by atoms with Crippen LogP contribution in [0.2, 0.25) is 10.0 Å². The summed E-state index contributed by atoms with van der Waals surface area (Å²) in [6, 6.07) is 10.3. The molecule has 0 saturated heterocycles. The van der Waals surface area contributed by atoms with Gasteiger partial charge >= 0.3 is 5.97 Å². The molecule has 1 aliphatic heterocycles. The molecule has 1 amide bonds. The van der Waals surface area contributed by atoms with Crippen LogP contribution >= 0.6 is 35.0 Å². The summed E-state index contributed by atoms with van der Waals surface area (Å²) in [6.45, 7) is 7.97. The van der Waals surface area contributed by atoms with E-state index in [1.807, 2.05) is 12.1 Å². The molecule has 2 aromatic carbocycles. The first-order valence-corrected chi connectivity index (χ1v) is 12.3. The highest BCUT2D eigenvalue weighted by atomic mass is 35.5. The Morgan fingerprint density at radius 2 is 1.80 bits per heavy atom. The largest absolute Gasteiger partial charge is 0.506 e. The van der Waals surface area contributed by atoms with Gasteiger partial charge in [-0.25, -0.2) is 9.79 Å². The molecule has 35 heavy (non-hydrogen) atoms. The number of ether oxygens (including phenoxy) is 2. The van der Waals surface area contributed by atoms with Crippen molar-refractivity contribution in [2.75, 3.05) is 13.7 Å². The van der Waals surface area contributed by atoms with Crippen molar-refractivity contribution in [2.24, 2.45) is 4.99 Å². The fourth-order valence-corrected chi connectivity index (χ4v) is 4.90. The Labute approximate surface area is 218 Å². The van der Waals surface area contributed by atoms with Crippen molar-refractivity contribution in [1.29, 1.82) is 0 Å². The molecule has 0 aromatic heterocycles. The van der Waals surface area contributed by atoms with Gasteiger partial charge in [-0.15, -0.1) is 0 Å². The van der Waals surface area contributed by atoms with Gasteiger partial charge in [0.15, 0.2) is 0 Å². The lowest BCUT2D eigenvalue weighted by Crippen LogP contribution is -2.14. The summed E-state index contributed by atoms with van der Waals surface area (Å²) in [7, 11) is 1.45. The number of esters is 1. The topological polar surface area (TPSA) is 85.2 Å². The van der Waals surface area contributed by atoms with Crippen LogP contribution in [-0.4, -0.2) is 35.7 Å². The normalized spacial score (nSPS) is 16.2. The lowest BCUT2D eigenvalue weighted by Gasteiger charge is -2.18. The number of benzene rings is 2. The maximum atomic E-state index is 12.9. The summed E-state index contributed by atoms with van der Waals surface area (Å²) in [5.41, 5.74) is 1.66. The van der Waals surface area contributed by atoms with Gasteiger partial charge in [-0.3, -0.25) is 4.79 Å². The molecule has 1 N–H and O–H groups in total. The summed E-state index contributed by atoms with van der Waals surface area (Å²) < 4.78 is 10.4. The molecule has 0 radical (unpaired) electrons. The number of carbonyl (C=O) groups excluding carboxylic acids is 2. The number of rotatable bonds is 5. The van der Waals surface area contributed by atoms with Gasteiger partial charge in [0.25, 0.3) is 5.91 Å². The van der Waals surface area contributed by atoms with Crippen molar-refractivity contribution < 1.29 is 24.2 Å². The van der Waals surface area contributed by atoms with E-state index in [1.165, 1.54) is 13.2 Å². The third-order valence-corrected chi connectivity index (χ3v) is 6.62. The van der Waals surface area contributed by atoms with E-state index >= 15 is 0 Å². The Balaban J connectivity index is 2.04. The molecule has 0 unspecified atom stereocenters. The van der Waals surface area contributed by atoms with Crippen LogP contribution in [0.25, 0.3) is 6.08 Å². The molecule has 1 heterocycles. The minimum atomic E-state index is -0.786. The van der Waals surface area contributed by atoms with E-state index in [-0.39, 0.29) is 38.3 Å². The zero-order valence-electron chi connectivity index (χ0n) is 19.9. The fourth-order valence-electron chi connectivity index (χ4n) is 3.31. The molecule has 0 spiro atoms. The third-order valence-electron chi connectivity index (χ3n) is 5.10. The number of carbonyl (C=O) groups is 2. The quantitative estimate of drug-likeness (QED) is 0.416. The number of nitrogens with zero attached hydrogens (tertiary/aromatic N) is 1. The van der Waals surface area contributed by atoms with Gasteiger partial charge in [-0.1, -0.05) is 67.9 Å². The number of aliphatic hydroxyl groups is 1. The molecule has 0 fully saturated rings. The van der Waals surface area contributed by atoms with Crippen molar-refractivity contribution in [2.45, 2.75) is 33.1 Å². The summed E-state index contributed by atoms with van der Waals surface area (Å²) in [6.07, 6.45) is 1.56. The Morgan fingerprint density at radius 3 is 2.37 bits per heavy atom. The number of thioether (sulfide) groups is 1. The van der Waals surface area contributed by atoms with Gasteiger partial charge in [-0.05, 0) is 48.2 Å². The van der Waals surface area contributed by atoms with Crippen LogP contribution in [0.5, 0.6) is 5.75 Å². The standard InChI is InChI=1S/C26H25Cl2NO5S/c1-6-34-25(32)20-21(30)19(12-15-11-17(27)13-18(28)22(15)33-5)35-24(20)29-23(31)14-7-9-16(10-8-14)26(2,3)4/h7-13,30H,6H2,1-5H3/b19-12-,29-24?. The van der Waals surface area contributed by atoms with Gasteiger partial charge in [0, 0.05) is 16.1 Å². The van der Waals surface area contributed by atoms with Crippen molar-refractivity contribution in [3.8, 4) is 5.75 Å². The highest BCUT2D eigenvalue weighted by Crippen LogP contribution is 2.42. The summed E-state index contributed by atoms with van der Waals surface area (Å²) in [5.74, 6) is -1.35. The summed E-state index contributed by atoms with van der Waals surface area (Å²) in [4.78, 5) is 30.0. The average Bonchev–Trinajstić information content (AvgIpc) is 3.07. The first-order chi connectivity index (χ1) is 16.5. The highest BCUT2D eigenvalue weighted by Gasteiger charge is 2.34. The second-order valence-electron chi connectivity index (χ2n) is 8.61. The van der Waals surface area contributed by atoms with Gasteiger partial charge in [0.2, 0.25) is 0 Å². The number of hydrogen-bond donors (Lipinski definition) is 1. The number of amides is 1. The van der Waals surface area contributed by atoms with Crippen LogP contribution in [0, 0.1) is 0 Å². The number of methoxy groups -OCH3 is 1. The van der Waals surface area contributed by atoms with Crippen LogP contribution < -0.4 is 4.74 Å². The number of halogens is 2. The van der Waals surface area contributed by atoms with E-state index in [0.717, 1.165) is 17.3 Å². The lowest BCUT2D eigenvalue weighted by molar-refractivity contribution is -0.138. The third kappa shape index (κ3) is 6.10. The predicted octanol–water partition coefficient (Wildman–Crippen LogP) is 7.00. The number of hydrogen-bond acceptors (Lipinski definition) is 6. The van der Waals surface area contributed by atoms with E-state index < -0.39 is 11.9 Å². The van der Waals surface area contributed by atoms with Gasteiger partial charge < -0.3 is 14.6 Å². The zero-order chi connectivity index (χ0) is 25.9. The van der Waals surface area contributed by atoms with Crippen molar-refractivity contribution in [3.05, 3.63) is 79.4 Å². The van der Waals surface area contributed by atoms with Crippen LogP contribution in [0.15, 0.2) is 57.6 Å². The van der Waals surface area contributed by atoms with E-state index in [2.05, 4.69) is 25.8 Å². The number of aliphatic hydroxyl groups excluding tert-OH is 1. The Kier molecular flexibility index (Phi) is 8.36. The lowest BCUT2D eigenvalue weighted by atomic mass is 9.87. The monoisotopic (exact) mass is 533 g/mol. The van der Waals surface area contributed by atoms with E-state index in [9.17, 15) is 14.7 Å². The maximum Gasteiger partial charge on any atom is 0.344 e. The van der Waals surface area contributed by atoms with Crippen LogP contribution in [-0.2, 0) is 14.9 Å². The second-order valence-corrected chi connectivity index (χ2v) is 10.5. The van der Waals surface area contributed by atoms with E-state index in [4.69, 9.17) is 32.7 Å². The van der Waals surface area contributed by atoms with E-state index in [0.29, 0.717) is 21.9 Å². The van der Waals surface area contributed by atoms with Gasteiger partial charge in [-0.2, -0.15) is 0 Å². The number of aliphatic imine (C=N–C) groups is 1. The van der Waals surface area contributed by atoms with Crippen molar-refractivity contribution in [3.63, 3.8) is 0 Å². The smallest absolute Gasteiger partial charge is 0.344 e. The molecule has 0 saturated carbocycles. The molecule has 3 rings (SSSR count). The molecule has 1 aliphatic rings. The molecule has 9 heteroatoms. The molecule has 0 aliphatic carbocycles.